The Balaban J connectivity index is 2.31. The molecule has 1 N–H and O–H groups in total. The average Bonchev–Trinajstić information content (AvgIpc) is 2.46. The quantitative estimate of drug-likeness (QED) is 0.903. The summed E-state index contributed by atoms with van der Waals surface area (Å²) >= 11 is 0. The van der Waals surface area contributed by atoms with Gasteiger partial charge in [0.05, 0.1) is 6.10 Å². The Morgan fingerprint density at radius 2 is 1.85 bits per heavy atom. The number of nitrogens with zero attached hydrogens (tertiary/aromatic N) is 2. The lowest BCUT2D eigenvalue weighted by Gasteiger charge is -2.10. The molecule has 4 nitrogen and oxygen atoms in total. The van der Waals surface area contributed by atoms with Crippen molar-refractivity contribution in [2.75, 3.05) is 12.4 Å². The number of ether oxygens (including phenoxy) is 1. The zero-order valence-corrected chi connectivity index (χ0v) is 12.5. The SMILES string of the molecule is CCc1cc(NC)nc(-c2ccc(OC(C)C)cc2)n1. The standard InChI is InChI=1S/C16H21N3O/c1-5-13-10-15(17-4)19-16(18-13)12-6-8-14(9-7-12)20-11(2)3/h6-11H,5H2,1-4H3,(H,17,18,19). The molecule has 0 saturated carbocycles. The molecule has 0 radical (unpaired) electrons. The number of hydrogen-bond donors (Lipinski definition) is 1. The van der Waals surface area contributed by atoms with Crippen molar-refractivity contribution in [3.63, 3.8) is 0 Å². The maximum absolute atomic E-state index is 5.64. The molecular formula is C16H21N3O. The Bertz CT molecular complexity index is 542. The van der Waals surface area contributed by atoms with E-state index in [-0.39, 0.29) is 6.10 Å². The number of aryl methyl sites for hydroxylation is 1. The molecule has 0 amide bonds. The molecule has 0 aliphatic rings. The highest BCUT2D eigenvalue weighted by molar-refractivity contribution is 5.58. The first-order valence-electron chi connectivity index (χ1n) is 6.95. The second kappa shape index (κ2) is 6.37. The van der Waals surface area contributed by atoms with Gasteiger partial charge in [-0.05, 0) is 44.5 Å². The van der Waals surface area contributed by atoms with Crippen LogP contribution in [-0.2, 0) is 6.42 Å². The fourth-order valence-corrected chi connectivity index (χ4v) is 1.89. The zero-order valence-electron chi connectivity index (χ0n) is 12.5. The van der Waals surface area contributed by atoms with Gasteiger partial charge in [0.15, 0.2) is 5.82 Å². The van der Waals surface area contributed by atoms with Crippen LogP contribution >= 0.6 is 0 Å². The Kier molecular flexibility index (Phi) is 4.56. The van der Waals surface area contributed by atoms with E-state index in [2.05, 4.69) is 22.2 Å². The molecule has 4 heteroatoms. The molecule has 1 aromatic carbocycles. The van der Waals surface area contributed by atoms with E-state index < -0.39 is 0 Å². The van der Waals surface area contributed by atoms with Gasteiger partial charge < -0.3 is 10.1 Å². The first kappa shape index (κ1) is 14.3. The van der Waals surface area contributed by atoms with E-state index in [0.29, 0.717) is 0 Å². The van der Waals surface area contributed by atoms with Gasteiger partial charge in [0, 0.05) is 24.4 Å². The first-order valence-corrected chi connectivity index (χ1v) is 6.95. The van der Waals surface area contributed by atoms with Gasteiger partial charge in [-0.2, -0.15) is 0 Å². The molecule has 0 saturated heterocycles. The lowest BCUT2D eigenvalue weighted by molar-refractivity contribution is 0.242. The number of benzene rings is 1. The number of anilines is 1. The second-order valence-electron chi connectivity index (χ2n) is 4.86. The molecule has 0 spiro atoms. The highest BCUT2D eigenvalue weighted by atomic mass is 16.5. The summed E-state index contributed by atoms with van der Waals surface area (Å²) in [5.41, 5.74) is 2.02. The highest BCUT2D eigenvalue weighted by Crippen LogP contribution is 2.22. The van der Waals surface area contributed by atoms with Crippen LogP contribution < -0.4 is 10.1 Å². The Morgan fingerprint density at radius 3 is 2.40 bits per heavy atom. The van der Waals surface area contributed by atoms with E-state index >= 15 is 0 Å². The second-order valence-corrected chi connectivity index (χ2v) is 4.86. The zero-order chi connectivity index (χ0) is 14.5. The minimum atomic E-state index is 0.177. The minimum absolute atomic E-state index is 0.177. The summed E-state index contributed by atoms with van der Waals surface area (Å²) < 4.78 is 5.64. The number of hydrogen-bond acceptors (Lipinski definition) is 4. The molecule has 1 heterocycles. The van der Waals surface area contributed by atoms with E-state index in [4.69, 9.17) is 4.74 Å². The van der Waals surface area contributed by atoms with Gasteiger partial charge in [-0.15, -0.1) is 0 Å². The number of nitrogens with one attached hydrogen (secondary N) is 1. The van der Waals surface area contributed by atoms with Crippen LogP contribution in [0.4, 0.5) is 5.82 Å². The molecule has 0 unspecified atom stereocenters. The van der Waals surface area contributed by atoms with Crippen LogP contribution in [0.3, 0.4) is 0 Å². The Morgan fingerprint density at radius 1 is 1.15 bits per heavy atom. The summed E-state index contributed by atoms with van der Waals surface area (Å²) in [4.78, 5) is 9.07. The third kappa shape index (κ3) is 3.47. The van der Waals surface area contributed by atoms with Crippen molar-refractivity contribution in [3.8, 4) is 17.1 Å². The smallest absolute Gasteiger partial charge is 0.161 e. The van der Waals surface area contributed by atoms with Crippen molar-refractivity contribution in [1.29, 1.82) is 0 Å². The van der Waals surface area contributed by atoms with Crippen molar-refractivity contribution in [2.24, 2.45) is 0 Å². The predicted molar refractivity (Wildman–Crippen MR) is 82.2 cm³/mol. The van der Waals surface area contributed by atoms with Crippen LogP contribution in [0.2, 0.25) is 0 Å². The van der Waals surface area contributed by atoms with Crippen LogP contribution in [0.25, 0.3) is 11.4 Å². The fourth-order valence-electron chi connectivity index (χ4n) is 1.89. The van der Waals surface area contributed by atoms with Gasteiger partial charge in [-0.1, -0.05) is 6.92 Å². The summed E-state index contributed by atoms with van der Waals surface area (Å²) in [5.74, 6) is 2.45. The van der Waals surface area contributed by atoms with Crippen molar-refractivity contribution in [3.05, 3.63) is 36.0 Å². The van der Waals surface area contributed by atoms with Crippen molar-refractivity contribution in [2.45, 2.75) is 33.3 Å². The summed E-state index contributed by atoms with van der Waals surface area (Å²) in [6.45, 7) is 6.12. The van der Waals surface area contributed by atoms with Gasteiger partial charge >= 0.3 is 0 Å². The summed E-state index contributed by atoms with van der Waals surface area (Å²) in [6.07, 6.45) is 1.06. The molecule has 1 aromatic heterocycles. The Labute approximate surface area is 120 Å². The van der Waals surface area contributed by atoms with Crippen LogP contribution in [0.15, 0.2) is 30.3 Å². The topological polar surface area (TPSA) is 47.0 Å². The number of aromatic nitrogens is 2. The van der Waals surface area contributed by atoms with Crippen LogP contribution in [-0.4, -0.2) is 23.1 Å². The number of rotatable bonds is 5. The van der Waals surface area contributed by atoms with Crippen LogP contribution in [0.1, 0.15) is 26.5 Å². The van der Waals surface area contributed by atoms with E-state index in [1.165, 1.54) is 0 Å². The summed E-state index contributed by atoms with van der Waals surface area (Å²) in [5, 5.41) is 3.07. The molecule has 0 aliphatic heterocycles. The largest absolute Gasteiger partial charge is 0.491 e. The van der Waals surface area contributed by atoms with Gasteiger partial charge in [-0.3, -0.25) is 0 Å². The van der Waals surface area contributed by atoms with Gasteiger partial charge in [0.2, 0.25) is 0 Å². The third-order valence-electron chi connectivity index (χ3n) is 2.88. The van der Waals surface area contributed by atoms with E-state index in [1.54, 1.807) is 0 Å². The predicted octanol–water partition coefficient (Wildman–Crippen LogP) is 3.53. The first-order chi connectivity index (χ1) is 9.62. The molecule has 0 aliphatic carbocycles. The summed E-state index contributed by atoms with van der Waals surface area (Å²) in [7, 11) is 1.87. The van der Waals surface area contributed by atoms with Gasteiger partial charge in [-0.25, -0.2) is 9.97 Å². The molecule has 0 fully saturated rings. The van der Waals surface area contributed by atoms with Crippen LogP contribution in [0, 0.1) is 0 Å². The molecule has 20 heavy (non-hydrogen) atoms. The Hall–Kier alpha value is -2.10. The lowest BCUT2D eigenvalue weighted by atomic mass is 10.2. The summed E-state index contributed by atoms with van der Waals surface area (Å²) in [6, 6.07) is 9.87. The molecule has 106 valence electrons. The van der Waals surface area contributed by atoms with E-state index in [9.17, 15) is 0 Å². The van der Waals surface area contributed by atoms with Crippen molar-refractivity contribution >= 4 is 5.82 Å². The van der Waals surface area contributed by atoms with Gasteiger partial charge in [0.25, 0.3) is 0 Å². The fraction of sp³-hybridized carbons (Fsp3) is 0.375. The molecular weight excluding hydrogens is 250 g/mol. The minimum Gasteiger partial charge on any atom is -0.491 e. The van der Waals surface area contributed by atoms with Crippen LogP contribution in [0.5, 0.6) is 5.75 Å². The normalized spacial score (nSPS) is 10.7. The maximum atomic E-state index is 5.64. The molecule has 2 aromatic rings. The molecule has 0 atom stereocenters. The third-order valence-corrected chi connectivity index (χ3v) is 2.88. The highest BCUT2D eigenvalue weighted by Gasteiger charge is 2.06. The maximum Gasteiger partial charge on any atom is 0.161 e. The van der Waals surface area contributed by atoms with Gasteiger partial charge in [0.1, 0.15) is 11.6 Å². The molecule has 0 bridgehead atoms. The lowest BCUT2D eigenvalue weighted by Crippen LogP contribution is -2.05. The monoisotopic (exact) mass is 271 g/mol. The van der Waals surface area contributed by atoms with Crippen molar-refractivity contribution < 1.29 is 4.74 Å². The van der Waals surface area contributed by atoms with E-state index in [0.717, 1.165) is 35.1 Å². The average molecular weight is 271 g/mol. The molecule has 2 rings (SSSR count). The van der Waals surface area contributed by atoms with E-state index in [1.807, 2.05) is 51.2 Å². The van der Waals surface area contributed by atoms with Crippen molar-refractivity contribution in [1.82, 2.24) is 9.97 Å².